The second-order valence-corrected chi connectivity index (χ2v) is 4.93. The quantitative estimate of drug-likeness (QED) is 0.822. The van der Waals surface area contributed by atoms with Crippen LogP contribution in [0.5, 0.6) is 0 Å². The molecule has 0 aliphatic carbocycles. The Balaban J connectivity index is 2.63. The number of anilines is 1. The maximum absolute atomic E-state index is 11.5. The summed E-state index contributed by atoms with van der Waals surface area (Å²) in [7, 11) is 0. The molecule has 0 aromatic heterocycles. The van der Waals surface area contributed by atoms with E-state index in [0.29, 0.717) is 0 Å². The monoisotopic (exact) mass is 283 g/mol. The molecule has 88 valence electrons. The average molecular weight is 284 g/mol. The molecule has 3 heteroatoms. The van der Waals surface area contributed by atoms with E-state index in [-0.39, 0.29) is 11.8 Å². The highest BCUT2D eigenvalue weighted by Gasteiger charge is 2.06. The van der Waals surface area contributed by atoms with Gasteiger partial charge in [0, 0.05) is 16.9 Å². The highest BCUT2D eigenvalue weighted by molar-refractivity contribution is 9.09. The Morgan fingerprint density at radius 1 is 1.44 bits per heavy atom. The highest BCUT2D eigenvalue weighted by atomic mass is 79.9. The number of benzene rings is 1. The number of halogens is 1. The van der Waals surface area contributed by atoms with Crippen molar-refractivity contribution in [3.63, 3.8) is 0 Å². The summed E-state index contributed by atoms with van der Waals surface area (Å²) in [6.45, 7) is 3.79. The minimum atomic E-state index is 0.0196. The number of carbonyl (C=O) groups is 1. The van der Waals surface area contributed by atoms with Crippen molar-refractivity contribution in [2.24, 2.45) is 5.92 Å². The number of rotatable bonds is 5. The van der Waals surface area contributed by atoms with Gasteiger partial charge in [0.25, 0.3) is 0 Å². The Bertz CT molecular complexity index is 350. The third-order valence-corrected chi connectivity index (χ3v) is 2.88. The van der Waals surface area contributed by atoms with Crippen LogP contribution in [0, 0.1) is 5.92 Å². The number of nitrogens with one attached hydrogen (secondary N) is 1. The maximum atomic E-state index is 11.5. The van der Waals surface area contributed by atoms with Crippen molar-refractivity contribution >= 4 is 27.5 Å². The molecule has 2 nitrogen and oxygen atoms in total. The Hall–Kier alpha value is -0.830. The first-order valence-corrected chi connectivity index (χ1v) is 6.71. The van der Waals surface area contributed by atoms with Crippen LogP contribution >= 0.6 is 15.9 Å². The fourth-order valence-electron chi connectivity index (χ4n) is 1.36. The molecule has 16 heavy (non-hydrogen) atoms. The van der Waals surface area contributed by atoms with Gasteiger partial charge in [0.1, 0.15) is 0 Å². The van der Waals surface area contributed by atoms with E-state index in [1.54, 1.807) is 0 Å². The lowest BCUT2D eigenvalue weighted by Crippen LogP contribution is -2.17. The van der Waals surface area contributed by atoms with E-state index < -0.39 is 0 Å². The van der Waals surface area contributed by atoms with E-state index in [1.807, 2.05) is 32.0 Å². The average Bonchev–Trinajstić information content (AvgIpc) is 2.26. The second-order valence-electron chi connectivity index (χ2n) is 4.14. The zero-order valence-electron chi connectivity index (χ0n) is 9.79. The zero-order valence-corrected chi connectivity index (χ0v) is 11.4. The number of hydrogen-bond acceptors (Lipinski definition) is 1. The third kappa shape index (κ3) is 4.35. The molecule has 1 aromatic carbocycles. The van der Waals surface area contributed by atoms with Crippen LogP contribution < -0.4 is 5.32 Å². The molecular formula is C13H18BrNO. The molecule has 0 aliphatic heterocycles. The van der Waals surface area contributed by atoms with Crippen LogP contribution in [0.4, 0.5) is 5.69 Å². The van der Waals surface area contributed by atoms with Gasteiger partial charge in [0.05, 0.1) is 0 Å². The molecule has 0 saturated heterocycles. The van der Waals surface area contributed by atoms with Crippen LogP contribution in [-0.2, 0) is 11.2 Å². The van der Waals surface area contributed by atoms with Gasteiger partial charge in [-0.15, -0.1) is 0 Å². The molecule has 0 spiro atoms. The van der Waals surface area contributed by atoms with Crippen LogP contribution in [0.3, 0.4) is 0 Å². The first-order chi connectivity index (χ1) is 7.63. The molecule has 1 aromatic rings. The molecule has 0 bridgehead atoms. The Labute approximate surface area is 106 Å². The number of aryl methyl sites for hydroxylation is 1. The molecule has 1 amide bonds. The summed E-state index contributed by atoms with van der Waals surface area (Å²) in [5, 5.41) is 3.92. The zero-order chi connectivity index (χ0) is 12.0. The normalized spacial score (nSPS) is 10.5. The molecule has 0 atom stereocenters. The first-order valence-electron chi connectivity index (χ1n) is 5.59. The topological polar surface area (TPSA) is 29.1 Å². The number of hydrogen-bond donors (Lipinski definition) is 1. The van der Waals surface area contributed by atoms with Crippen LogP contribution in [0.1, 0.15) is 25.8 Å². The third-order valence-electron chi connectivity index (χ3n) is 2.32. The lowest BCUT2D eigenvalue weighted by Gasteiger charge is -2.09. The minimum absolute atomic E-state index is 0.0196. The molecule has 0 unspecified atom stereocenters. The van der Waals surface area contributed by atoms with E-state index in [9.17, 15) is 4.79 Å². The van der Waals surface area contributed by atoms with E-state index >= 15 is 0 Å². The van der Waals surface area contributed by atoms with E-state index in [2.05, 4.69) is 27.3 Å². The van der Waals surface area contributed by atoms with E-state index in [0.717, 1.165) is 23.9 Å². The van der Waals surface area contributed by atoms with Gasteiger partial charge in [0.15, 0.2) is 0 Å². The summed E-state index contributed by atoms with van der Waals surface area (Å²) >= 11 is 3.41. The summed E-state index contributed by atoms with van der Waals surface area (Å²) in [5.41, 5.74) is 2.16. The second kappa shape index (κ2) is 6.69. The van der Waals surface area contributed by atoms with Gasteiger partial charge in [-0.1, -0.05) is 41.9 Å². The fraction of sp³-hybridized carbons (Fsp3) is 0.462. The molecule has 0 saturated carbocycles. The molecule has 0 radical (unpaired) electrons. The van der Waals surface area contributed by atoms with Gasteiger partial charge < -0.3 is 5.32 Å². The lowest BCUT2D eigenvalue weighted by atomic mass is 10.1. The predicted molar refractivity (Wildman–Crippen MR) is 72.0 cm³/mol. The van der Waals surface area contributed by atoms with Gasteiger partial charge in [0.2, 0.25) is 5.91 Å². The molecule has 1 N–H and O–H groups in total. The van der Waals surface area contributed by atoms with Crippen LogP contribution in [0.25, 0.3) is 0 Å². The first kappa shape index (κ1) is 13.2. The largest absolute Gasteiger partial charge is 0.326 e. The minimum Gasteiger partial charge on any atom is -0.326 e. The summed E-state index contributed by atoms with van der Waals surface area (Å²) in [6, 6.07) is 8.05. The van der Waals surface area contributed by atoms with Crippen molar-refractivity contribution in [1.29, 1.82) is 0 Å². The van der Waals surface area contributed by atoms with Gasteiger partial charge in [-0.2, -0.15) is 0 Å². The number of carbonyl (C=O) groups excluding carboxylic acids is 1. The van der Waals surface area contributed by atoms with Crippen molar-refractivity contribution in [2.75, 3.05) is 10.6 Å². The fourth-order valence-corrected chi connectivity index (χ4v) is 1.64. The summed E-state index contributed by atoms with van der Waals surface area (Å²) in [6.07, 6.45) is 2.15. The van der Waals surface area contributed by atoms with Crippen molar-refractivity contribution in [3.8, 4) is 0 Å². The van der Waals surface area contributed by atoms with Crippen LogP contribution in [0.2, 0.25) is 0 Å². The van der Waals surface area contributed by atoms with Gasteiger partial charge in [-0.3, -0.25) is 4.79 Å². The molecule has 0 heterocycles. The number of alkyl halides is 1. The molecule has 0 aliphatic rings. The SMILES string of the molecule is CC(C)C(=O)Nc1cccc(CCCBr)c1. The molecule has 0 fully saturated rings. The van der Waals surface area contributed by atoms with Gasteiger partial charge >= 0.3 is 0 Å². The Kier molecular flexibility index (Phi) is 5.53. The lowest BCUT2D eigenvalue weighted by molar-refractivity contribution is -0.118. The van der Waals surface area contributed by atoms with Crippen molar-refractivity contribution < 1.29 is 4.79 Å². The van der Waals surface area contributed by atoms with Crippen molar-refractivity contribution in [3.05, 3.63) is 29.8 Å². The number of amides is 1. The van der Waals surface area contributed by atoms with Crippen LogP contribution in [0.15, 0.2) is 24.3 Å². The Morgan fingerprint density at radius 2 is 2.19 bits per heavy atom. The Morgan fingerprint density at radius 3 is 2.81 bits per heavy atom. The summed E-state index contributed by atoms with van der Waals surface area (Å²) in [4.78, 5) is 11.5. The molecular weight excluding hydrogens is 266 g/mol. The van der Waals surface area contributed by atoms with Crippen LogP contribution in [-0.4, -0.2) is 11.2 Å². The van der Waals surface area contributed by atoms with E-state index in [1.165, 1.54) is 5.56 Å². The van der Waals surface area contributed by atoms with Gasteiger partial charge in [-0.25, -0.2) is 0 Å². The maximum Gasteiger partial charge on any atom is 0.226 e. The van der Waals surface area contributed by atoms with Gasteiger partial charge in [-0.05, 0) is 30.5 Å². The van der Waals surface area contributed by atoms with Crippen molar-refractivity contribution in [1.82, 2.24) is 0 Å². The standard InChI is InChI=1S/C13H18BrNO/c1-10(2)13(16)15-12-7-3-5-11(9-12)6-4-8-14/h3,5,7,9-10H,4,6,8H2,1-2H3,(H,15,16). The summed E-state index contributed by atoms with van der Waals surface area (Å²) in [5.74, 6) is 0.0869. The molecule has 1 rings (SSSR count). The smallest absolute Gasteiger partial charge is 0.226 e. The van der Waals surface area contributed by atoms with E-state index in [4.69, 9.17) is 0 Å². The predicted octanol–water partition coefficient (Wildman–Crippen LogP) is 3.61. The highest BCUT2D eigenvalue weighted by Crippen LogP contribution is 2.13. The van der Waals surface area contributed by atoms with Crippen molar-refractivity contribution in [2.45, 2.75) is 26.7 Å². The summed E-state index contributed by atoms with van der Waals surface area (Å²) < 4.78 is 0.